The zero-order chi connectivity index (χ0) is 14.7. The minimum Gasteiger partial charge on any atom is -0.368 e. The Hall–Kier alpha value is -2.88. The lowest BCUT2D eigenvalue weighted by atomic mass is 10.2. The van der Waals surface area contributed by atoms with Crippen molar-refractivity contribution in [1.29, 1.82) is 5.26 Å². The minimum atomic E-state index is 0.170. The van der Waals surface area contributed by atoms with Crippen molar-refractivity contribution >= 4 is 23.5 Å². The zero-order valence-electron chi connectivity index (χ0n) is 11.5. The highest BCUT2D eigenvalue weighted by molar-refractivity contribution is 5.63. The Morgan fingerprint density at radius 1 is 1.14 bits per heavy atom. The Kier molecular flexibility index (Phi) is 3.51. The third-order valence-electron chi connectivity index (χ3n) is 3.32. The highest BCUT2D eigenvalue weighted by Gasteiger charge is 2.17. The normalized spacial score (nSPS) is 14.0. The van der Waals surface area contributed by atoms with Gasteiger partial charge >= 0.3 is 0 Å². The average molecular weight is 281 g/mol. The van der Waals surface area contributed by atoms with Crippen molar-refractivity contribution in [3.8, 4) is 6.07 Å². The first-order chi connectivity index (χ1) is 10.3. The summed E-state index contributed by atoms with van der Waals surface area (Å²) in [5.41, 5.74) is 6.94. The molecule has 2 aromatic rings. The lowest BCUT2D eigenvalue weighted by Gasteiger charge is -2.16. The van der Waals surface area contributed by atoms with Crippen LogP contribution < -0.4 is 16.0 Å². The molecule has 0 aliphatic carbocycles. The van der Waals surface area contributed by atoms with Gasteiger partial charge in [-0.05, 0) is 25.0 Å². The van der Waals surface area contributed by atoms with Gasteiger partial charge in [0.2, 0.25) is 17.8 Å². The van der Waals surface area contributed by atoms with Crippen LogP contribution in [0.15, 0.2) is 24.3 Å². The molecule has 0 unspecified atom stereocenters. The van der Waals surface area contributed by atoms with Crippen molar-refractivity contribution in [3.05, 3.63) is 29.8 Å². The first-order valence-corrected chi connectivity index (χ1v) is 6.79. The Morgan fingerprint density at radius 3 is 2.67 bits per heavy atom. The van der Waals surface area contributed by atoms with E-state index < -0.39 is 0 Å². The number of benzene rings is 1. The molecule has 0 spiro atoms. The monoisotopic (exact) mass is 281 g/mol. The van der Waals surface area contributed by atoms with E-state index in [0.29, 0.717) is 23.1 Å². The quantitative estimate of drug-likeness (QED) is 0.881. The van der Waals surface area contributed by atoms with E-state index in [9.17, 15) is 0 Å². The summed E-state index contributed by atoms with van der Waals surface area (Å²) in [5, 5.41) is 12.1. The maximum Gasteiger partial charge on any atom is 0.233 e. The summed E-state index contributed by atoms with van der Waals surface area (Å²) in [5.74, 6) is 1.10. The van der Waals surface area contributed by atoms with Crippen molar-refractivity contribution in [2.24, 2.45) is 0 Å². The molecule has 1 aliphatic heterocycles. The van der Waals surface area contributed by atoms with Crippen LogP contribution in [0.5, 0.6) is 0 Å². The van der Waals surface area contributed by atoms with Gasteiger partial charge in [-0.15, -0.1) is 0 Å². The summed E-state index contributed by atoms with van der Waals surface area (Å²) in [6.45, 7) is 1.86. The lowest BCUT2D eigenvalue weighted by Crippen LogP contribution is -2.22. The fourth-order valence-electron chi connectivity index (χ4n) is 2.31. The molecule has 0 radical (unpaired) electrons. The van der Waals surface area contributed by atoms with E-state index >= 15 is 0 Å². The van der Waals surface area contributed by atoms with Crippen LogP contribution in [-0.4, -0.2) is 28.0 Å². The third-order valence-corrected chi connectivity index (χ3v) is 3.32. The van der Waals surface area contributed by atoms with Crippen molar-refractivity contribution < 1.29 is 0 Å². The number of nitrogens with one attached hydrogen (secondary N) is 1. The molecular formula is C14H15N7. The van der Waals surface area contributed by atoms with E-state index in [-0.39, 0.29) is 5.95 Å². The fraction of sp³-hybridized carbons (Fsp3) is 0.286. The molecule has 7 nitrogen and oxygen atoms in total. The number of nitrogen functional groups attached to an aromatic ring is 1. The molecule has 106 valence electrons. The number of para-hydroxylation sites is 1. The number of hydrogen-bond acceptors (Lipinski definition) is 7. The van der Waals surface area contributed by atoms with Gasteiger partial charge in [-0.1, -0.05) is 12.1 Å². The van der Waals surface area contributed by atoms with E-state index in [1.54, 1.807) is 18.2 Å². The largest absolute Gasteiger partial charge is 0.368 e. The molecular weight excluding hydrogens is 266 g/mol. The summed E-state index contributed by atoms with van der Waals surface area (Å²) < 4.78 is 0. The van der Waals surface area contributed by atoms with Crippen LogP contribution in [0.1, 0.15) is 18.4 Å². The summed E-state index contributed by atoms with van der Waals surface area (Å²) >= 11 is 0. The van der Waals surface area contributed by atoms with Crippen molar-refractivity contribution in [2.45, 2.75) is 12.8 Å². The van der Waals surface area contributed by atoms with E-state index in [2.05, 4.69) is 31.2 Å². The molecule has 1 saturated heterocycles. The van der Waals surface area contributed by atoms with Gasteiger partial charge in [0.15, 0.2) is 0 Å². The molecule has 3 N–H and O–H groups in total. The molecule has 0 bridgehead atoms. The van der Waals surface area contributed by atoms with Crippen LogP contribution in [0.2, 0.25) is 0 Å². The van der Waals surface area contributed by atoms with Gasteiger partial charge in [-0.25, -0.2) is 0 Å². The number of hydrogen-bond donors (Lipinski definition) is 2. The summed E-state index contributed by atoms with van der Waals surface area (Å²) in [4.78, 5) is 14.7. The lowest BCUT2D eigenvalue weighted by molar-refractivity contribution is 0.887. The maximum atomic E-state index is 9.10. The maximum absolute atomic E-state index is 9.10. The highest BCUT2D eigenvalue weighted by atomic mass is 15.3. The van der Waals surface area contributed by atoms with Gasteiger partial charge in [0.1, 0.15) is 6.07 Å². The van der Waals surface area contributed by atoms with Gasteiger partial charge in [-0.3, -0.25) is 0 Å². The second-order valence-corrected chi connectivity index (χ2v) is 4.79. The Bertz CT molecular complexity index is 686. The van der Waals surface area contributed by atoms with Crippen LogP contribution >= 0.6 is 0 Å². The van der Waals surface area contributed by atoms with E-state index in [4.69, 9.17) is 11.0 Å². The van der Waals surface area contributed by atoms with Crippen molar-refractivity contribution in [1.82, 2.24) is 15.0 Å². The van der Waals surface area contributed by atoms with Crippen LogP contribution in [0.4, 0.5) is 23.5 Å². The first-order valence-electron chi connectivity index (χ1n) is 6.79. The summed E-state index contributed by atoms with van der Waals surface area (Å²) in [7, 11) is 0. The average Bonchev–Trinajstić information content (AvgIpc) is 3.01. The fourth-order valence-corrected chi connectivity index (χ4v) is 2.31. The number of nitrogens with two attached hydrogens (primary N) is 1. The van der Waals surface area contributed by atoms with E-state index in [1.807, 2.05) is 6.07 Å². The second kappa shape index (κ2) is 5.63. The van der Waals surface area contributed by atoms with Gasteiger partial charge in [-0.2, -0.15) is 20.2 Å². The molecule has 1 aromatic carbocycles. The third kappa shape index (κ3) is 2.84. The van der Waals surface area contributed by atoms with E-state index in [1.165, 1.54) is 0 Å². The Morgan fingerprint density at radius 2 is 1.90 bits per heavy atom. The number of nitriles is 1. The topological polar surface area (TPSA) is 104 Å². The van der Waals surface area contributed by atoms with Gasteiger partial charge in [0.25, 0.3) is 0 Å². The number of rotatable bonds is 3. The molecule has 3 rings (SSSR count). The number of aromatic nitrogens is 3. The Balaban J connectivity index is 1.90. The molecule has 1 fully saturated rings. The predicted molar refractivity (Wildman–Crippen MR) is 80.1 cm³/mol. The summed E-state index contributed by atoms with van der Waals surface area (Å²) in [6, 6.07) is 9.30. The van der Waals surface area contributed by atoms with Crippen LogP contribution in [-0.2, 0) is 0 Å². The smallest absolute Gasteiger partial charge is 0.233 e. The minimum absolute atomic E-state index is 0.170. The molecule has 21 heavy (non-hydrogen) atoms. The predicted octanol–water partition coefficient (Wildman–Crippen LogP) is 1.67. The molecule has 0 atom stereocenters. The molecule has 0 saturated carbocycles. The number of anilines is 4. The first kappa shape index (κ1) is 13.1. The number of nitrogens with zero attached hydrogens (tertiary/aromatic N) is 5. The Labute approximate surface area is 122 Å². The van der Waals surface area contributed by atoms with Crippen LogP contribution in [0.3, 0.4) is 0 Å². The van der Waals surface area contributed by atoms with Crippen molar-refractivity contribution in [3.63, 3.8) is 0 Å². The molecule has 0 amide bonds. The van der Waals surface area contributed by atoms with Crippen LogP contribution in [0.25, 0.3) is 0 Å². The van der Waals surface area contributed by atoms with Gasteiger partial charge < -0.3 is 16.0 Å². The van der Waals surface area contributed by atoms with Gasteiger partial charge in [0, 0.05) is 13.1 Å². The second-order valence-electron chi connectivity index (χ2n) is 4.79. The molecule has 1 aromatic heterocycles. The van der Waals surface area contributed by atoms with Gasteiger partial charge in [0.05, 0.1) is 11.3 Å². The molecule has 2 heterocycles. The molecule has 1 aliphatic rings. The van der Waals surface area contributed by atoms with Crippen molar-refractivity contribution in [2.75, 3.05) is 29.0 Å². The van der Waals surface area contributed by atoms with E-state index in [0.717, 1.165) is 25.9 Å². The zero-order valence-corrected chi connectivity index (χ0v) is 11.5. The standard InChI is InChI=1S/C14H15N7/c15-9-10-5-1-2-6-11(10)17-13-18-12(16)19-14(20-13)21-7-3-4-8-21/h1-2,5-6H,3-4,7-8H2,(H3,16,17,18,19,20). The SMILES string of the molecule is N#Cc1ccccc1Nc1nc(N)nc(N2CCCC2)n1. The summed E-state index contributed by atoms with van der Waals surface area (Å²) in [6.07, 6.45) is 2.26. The highest BCUT2D eigenvalue weighted by Crippen LogP contribution is 2.21. The van der Waals surface area contributed by atoms with Crippen LogP contribution in [0, 0.1) is 11.3 Å². The molecule has 7 heteroatoms.